The lowest BCUT2D eigenvalue weighted by Gasteiger charge is -1.81. The second-order valence-corrected chi connectivity index (χ2v) is 1.37. The molecule has 5 heteroatoms. The second kappa shape index (κ2) is 1.77. The summed E-state index contributed by atoms with van der Waals surface area (Å²) in [5.41, 5.74) is 0. The van der Waals surface area contributed by atoms with E-state index in [9.17, 15) is 10.1 Å². The van der Waals surface area contributed by atoms with Gasteiger partial charge in [0.15, 0.2) is 0 Å². The molecule has 1 heterocycles. The molecule has 0 aliphatic carbocycles. The number of nitrogens with zero attached hydrogens (tertiary/aromatic N) is 1. The molecule has 0 fully saturated rings. The molecule has 0 spiro atoms. The van der Waals surface area contributed by atoms with E-state index < -0.39 is 16.6 Å². The highest BCUT2D eigenvalue weighted by molar-refractivity contribution is 5.33. The number of hydrogen-bond donors (Lipinski definition) is 1. The molecular formula is C4H3NO4. The van der Waals surface area contributed by atoms with Crippen molar-refractivity contribution < 1.29 is 14.4 Å². The first-order valence-corrected chi connectivity index (χ1v) is 2.12. The van der Waals surface area contributed by atoms with Gasteiger partial charge in [-0.25, -0.2) is 0 Å². The molecule has 0 amide bonds. The summed E-state index contributed by atoms with van der Waals surface area (Å²) in [6.07, 6.45) is 1.05. The molecular weight excluding hydrogens is 126 g/mol. The Morgan fingerprint density at radius 2 is 2.44 bits per heavy atom. The number of hydrogen-bond acceptors (Lipinski definition) is 4. The van der Waals surface area contributed by atoms with Gasteiger partial charge in [-0.15, -0.1) is 0 Å². The van der Waals surface area contributed by atoms with Gasteiger partial charge >= 0.3 is 5.88 Å². The predicted octanol–water partition coefficient (Wildman–Crippen LogP) is 0.893. The quantitative estimate of drug-likeness (QED) is 0.451. The summed E-state index contributed by atoms with van der Waals surface area (Å²) in [6.45, 7) is 0. The van der Waals surface area contributed by atoms with Crippen LogP contribution in [-0.2, 0) is 0 Å². The summed E-state index contributed by atoms with van der Waals surface area (Å²) >= 11 is 0. The normalized spacial score (nSPS) is 9.33. The number of rotatable bonds is 1. The van der Waals surface area contributed by atoms with Crippen LogP contribution in [0.1, 0.15) is 0 Å². The van der Waals surface area contributed by atoms with Crippen molar-refractivity contribution in [3.8, 4) is 5.75 Å². The summed E-state index contributed by atoms with van der Waals surface area (Å²) < 4.78 is 4.28. The highest BCUT2D eigenvalue weighted by atomic mass is 16.7. The monoisotopic (exact) mass is 129 g/mol. The Balaban J connectivity index is 3.08. The minimum absolute atomic E-state index is 0.444. The third kappa shape index (κ3) is 0.835. The van der Waals surface area contributed by atoms with Crippen LogP contribution >= 0.6 is 0 Å². The van der Waals surface area contributed by atoms with Crippen molar-refractivity contribution in [1.29, 1.82) is 0 Å². The zero-order valence-corrected chi connectivity index (χ0v) is 4.27. The molecule has 0 saturated carbocycles. The van der Waals surface area contributed by atoms with Crippen LogP contribution < -0.4 is 0 Å². The fraction of sp³-hybridized carbons (Fsp3) is 0. The summed E-state index contributed by atoms with van der Waals surface area (Å²) in [6, 6.07) is 1.11. The van der Waals surface area contributed by atoms with Crippen LogP contribution in [0.4, 0.5) is 5.88 Å². The second-order valence-electron chi connectivity index (χ2n) is 1.37. The summed E-state index contributed by atoms with van der Waals surface area (Å²) in [5, 5.41) is 18.4. The van der Waals surface area contributed by atoms with Crippen LogP contribution in [0.2, 0.25) is 0 Å². The zero-order valence-electron chi connectivity index (χ0n) is 4.27. The van der Waals surface area contributed by atoms with Crippen molar-refractivity contribution in [2.75, 3.05) is 0 Å². The average molecular weight is 129 g/mol. The van der Waals surface area contributed by atoms with E-state index >= 15 is 0 Å². The zero-order chi connectivity index (χ0) is 6.85. The standard InChI is InChI=1S/C4H3NO4/c6-3-1-2-9-4(3)5(7)8/h1-2,6H. The molecule has 0 atom stereocenters. The Bertz CT molecular complexity index is 228. The van der Waals surface area contributed by atoms with Gasteiger partial charge in [-0.05, 0) is 0 Å². The van der Waals surface area contributed by atoms with Crippen LogP contribution in [0.5, 0.6) is 5.75 Å². The Kier molecular flexibility index (Phi) is 1.11. The van der Waals surface area contributed by atoms with E-state index in [1.165, 1.54) is 0 Å². The summed E-state index contributed by atoms with van der Waals surface area (Å²) in [4.78, 5) is 9.04. The molecule has 1 rings (SSSR count). The first kappa shape index (κ1) is 5.61. The molecule has 0 aliphatic rings. The van der Waals surface area contributed by atoms with Crippen LogP contribution in [0.15, 0.2) is 16.7 Å². The molecule has 9 heavy (non-hydrogen) atoms. The lowest BCUT2D eigenvalue weighted by Crippen LogP contribution is -1.83. The van der Waals surface area contributed by atoms with Crippen molar-refractivity contribution in [3.05, 3.63) is 22.4 Å². The maximum Gasteiger partial charge on any atom is 0.475 e. The van der Waals surface area contributed by atoms with Gasteiger partial charge in [0.25, 0.3) is 0 Å². The Labute approximate surface area is 49.7 Å². The maximum absolute atomic E-state index is 9.83. The molecule has 0 bridgehead atoms. The van der Waals surface area contributed by atoms with Gasteiger partial charge in [-0.2, -0.15) is 0 Å². The van der Waals surface area contributed by atoms with Gasteiger partial charge in [0.05, 0.1) is 0 Å². The topological polar surface area (TPSA) is 76.5 Å². The number of furan rings is 1. The van der Waals surface area contributed by atoms with Crippen molar-refractivity contribution in [1.82, 2.24) is 0 Å². The minimum Gasteiger partial charge on any atom is -0.500 e. The molecule has 48 valence electrons. The molecule has 0 saturated heterocycles. The average Bonchev–Trinajstić information content (AvgIpc) is 2.13. The van der Waals surface area contributed by atoms with Gasteiger partial charge in [0.2, 0.25) is 5.75 Å². The SMILES string of the molecule is O=[N+]([O-])c1occc1O. The highest BCUT2D eigenvalue weighted by Crippen LogP contribution is 2.25. The van der Waals surface area contributed by atoms with Gasteiger partial charge < -0.3 is 9.52 Å². The van der Waals surface area contributed by atoms with E-state index in [0.717, 1.165) is 12.3 Å². The van der Waals surface area contributed by atoms with Crippen LogP contribution in [0.25, 0.3) is 0 Å². The fourth-order valence-corrected chi connectivity index (χ4v) is 0.431. The minimum atomic E-state index is -0.796. The van der Waals surface area contributed by atoms with Gasteiger partial charge in [-0.1, -0.05) is 0 Å². The van der Waals surface area contributed by atoms with Crippen molar-refractivity contribution in [2.24, 2.45) is 0 Å². The lowest BCUT2D eigenvalue weighted by atomic mass is 10.6. The van der Waals surface area contributed by atoms with E-state index in [-0.39, 0.29) is 0 Å². The first-order valence-electron chi connectivity index (χ1n) is 2.12. The smallest absolute Gasteiger partial charge is 0.475 e. The predicted molar refractivity (Wildman–Crippen MR) is 27.0 cm³/mol. The van der Waals surface area contributed by atoms with Gasteiger partial charge in [-0.3, -0.25) is 10.1 Å². The summed E-state index contributed by atoms with van der Waals surface area (Å²) in [5.74, 6) is -1.06. The van der Waals surface area contributed by atoms with Crippen LogP contribution in [-0.4, -0.2) is 10.0 Å². The van der Waals surface area contributed by atoms with E-state index in [4.69, 9.17) is 5.11 Å². The van der Waals surface area contributed by atoms with Crippen molar-refractivity contribution in [2.45, 2.75) is 0 Å². The van der Waals surface area contributed by atoms with Crippen molar-refractivity contribution >= 4 is 5.88 Å². The molecule has 0 aromatic carbocycles. The van der Waals surface area contributed by atoms with E-state index in [1.807, 2.05) is 0 Å². The summed E-state index contributed by atoms with van der Waals surface area (Å²) in [7, 11) is 0. The van der Waals surface area contributed by atoms with Gasteiger partial charge in [0.1, 0.15) is 11.2 Å². The van der Waals surface area contributed by atoms with E-state index in [1.54, 1.807) is 0 Å². The number of nitro groups is 1. The molecule has 5 nitrogen and oxygen atoms in total. The van der Waals surface area contributed by atoms with Crippen LogP contribution in [0.3, 0.4) is 0 Å². The third-order valence-corrected chi connectivity index (χ3v) is 0.791. The Hall–Kier alpha value is -1.52. The molecule has 1 N–H and O–H groups in total. The van der Waals surface area contributed by atoms with Gasteiger partial charge in [0, 0.05) is 6.07 Å². The lowest BCUT2D eigenvalue weighted by molar-refractivity contribution is -0.403. The Morgan fingerprint density at radius 1 is 1.78 bits per heavy atom. The van der Waals surface area contributed by atoms with Crippen LogP contribution in [0, 0.1) is 10.1 Å². The molecule has 0 unspecified atom stereocenters. The van der Waals surface area contributed by atoms with E-state index in [2.05, 4.69) is 4.42 Å². The van der Waals surface area contributed by atoms with Crippen molar-refractivity contribution in [3.63, 3.8) is 0 Å². The fourth-order valence-electron chi connectivity index (χ4n) is 0.431. The van der Waals surface area contributed by atoms with E-state index in [0.29, 0.717) is 0 Å². The maximum atomic E-state index is 9.83. The Morgan fingerprint density at radius 3 is 2.67 bits per heavy atom. The molecule has 0 aliphatic heterocycles. The molecule has 1 aromatic rings. The molecule has 1 aromatic heterocycles. The largest absolute Gasteiger partial charge is 0.500 e. The third-order valence-electron chi connectivity index (χ3n) is 0.791. The first-order chi connectivity index (χ1) is 4.22. The highest BCUT2D eigenvalue weighted by Gasteiger charge is 2.15. The number of aromatic hydroxyl groups is 1. The molecule has 0 radical (unpaired) electrons.